The minimum Gasteiger partial charge on any atom is -0.370 e. The number of halogens is 1. The molecule has 0 N–H and O–H groups in total. The Balaban J connectivity index is 1.99. The van der Waals surface area contributed by atoms with Gasteiger partial charge in [0.25, 0.3) is 0 Å². The first-order valence-electron chi connectivity index (χ1n) is 3.10. The van der Waals surface area contributed by atoms with Crippen LogP contribution in [0.5, 0.6) is 0 Å². The molecule has 1 aliphatic heterocycles. The van der Waals surface area contributed by atoms with Gasteiger partial charge in [0.2, 0.25) is 0 Å². The van der Waals surface area contributed by atoms with Crippen LogP contribution in [0.25, 0.3) is 0 Å². The fourth-order valence-electron chi connectivity index (χ4n) is 0.900. The van der Waals surface area contributed by atoms with E-state index in [1.807, 2.05) is 0 Å². The van der Waals surface area contributed by atoms with Crippen LogP contribution in [0.1, 0.15) is 19.8 Å². The molecule has 0 bridgehead atoms. The van der Waals surface area contributed by atoms with Gasteiger partial charge in [-0.05, 0) is 12.8 Å². The maximum atomic E-state index is 5.48. The van der Waals surface area contributed by atoms with Crippen LogP contribution in [0.3, 0.4) is 0 Å². The number of hydrogen-bond acceptors (Lipinski definition) is 1. The highest BCUT2D eigenvalue weighted by Gasteiger charge is 2.35. The van der Waals surface area contributed by atoms with Crippen molar-refractivity contribution in [2.75, 3.05) is 5.88 Å². The normalized spacial score (nSPS) is 35.2. The molecule has 8 heavy (non-hydrogen) atoms. The fourth-order valence-corrected chi connectivity index (χ4v) is 1.11. The van der Waals surface area contributed by atoms with Crippen LogP contribution in [0.4, 0.5) is 0 Å². The lowest BCUT2D eigenvalue weighted by Gasteiger charge is -1.82. The lowest BCUT2D eigenvalue weighted by Crippen LogP contribution is -1.91. The van der Waals surface area contributed by atoms with E-state index in [4.69, 9.17) is 16.3 Å². The molecule has 1 heterocycles. The predicted octanol–water partition coefficient (Wildman–Crippen LogP) is 1.79. The van der Waals surface area contributed by atoms with Crippen molar-refractivity contribution in [2.45, 2.75) is 32.0 Å². The molecular weight excluding hydrogens is 124 g/mol. The Bertz CT molecular complexity index is 74.9. The van der Waals surface area contributed by atoms with Crippen LogP contribution in [0.15, 0.2) is 0 Å². The Hall–Kier alpha value is 0.250. The number of hydrogen-bond donors (Lipinski definition) is 0. The molecule has 48 valence electrons. The topological polar surface area (TPSA) is 12.5 Å². The van der Waals surface area contributed by atoms with Gasteiger partial charge in [-0.2, -0.15) is 0 Å². The van der Waals surface area contributed by atoms with E-state index in [-0.39, 0.29) is 0 Å². The number of ether oxygens (including phenoxy) is 1. The summed E-state index contributed by atoms with van der Waals surface area (Å²) in [7, 11) is 0. The molecule has 1 aliphatic rings. The molecule has 0 unspecified atom stereocenters. The Labute approximate surface area is 55.0 Å². The highest BCUT2D eigenvalue weighted by Crippen LogP contribution is 2.27. The van der Waals surface area contributed by atoms with E-state index in [2.05, 4.69) is 6.92 Å². The zero-order valence-electron chi connectivity index (χ0n) is 5.06. The van der Waals surface area contributed by atoms with Gasteiger partial charge in [0, 0.05) is 5.88 Å². The number of rotatable bonds is 3. The van der Waals surface area contributed by atoms with Gasteiger partial charge < -0.3 is 4.74 Å². The lowest BCUT2D eigenvalue weighted by molar-refractivity contribution is 0.364. The summed E-state index contributed by atoms with van der Waals surface area (Å²) in [4.78, 5) is 0. The third kappa shape index (κ3) is 1.36. The van der Waals surface area contributed by atoms with Crippen molar-refractivity contribution >= 4 is 11.6 Å². The first-order chi connectivity index (χ1) is 3.88. The molecule has 0 aliphatic carbocycles. The Kier molecular flexibility index (Phi) is 2.15. The Morgan fingerprint density at radius 1 is 1.50 bits per heavy atom. The van der Waals surface area contributed by atoms with Gasteiger partial charge in [-0.15, -0.1) is 11.6 Å². The molecule has 0 spiro atoms. The smallest absolute Gasteiger partial charge is 0.0853 e. The van der Waals surface area contributed by atoms with Crippen molar-refractivity contribution in [3.05, 3.63) is 0 Å². The van der Waals surface area contributed by atoms with Crippen molar-refractivity contribution in [1.29, 1.82) is 0 Å². The largest absolute Gasteiger partial charge is 0.370 e. The Morgan fingerprint density at radius 2 is 2.25 bits per heavy atom. The molecule has 0 aromatic rings. The molecule has 1 nitrogen and oxygen atoms in total. The van der Waals surface area contributed by atoms with Crippen LogP contribution in [0, 0.1) is 0 Å². The summed E-state index contributed by atoms with van der Waals surface area (Å²) in [5.41, 5.74) is 0. The minimum absolute atomic E-state index is 0.498. The SMILES string of the molecule is CC[C@H]1O[C@H]1CCCl. The summed E-state index contributed by atoms with van der Waals surface area (Å²) in [5, 5.41) is 0. The highest BCUT2D eigenvalue weighted by molar-refractivity contribution is 6.17. The predicted molar refractivity (Wildman–Crippen MR) is 34.3 cm³/mol. The first kappa shape index (κ1) is 6.37. The van der Waals surface area contributed by atoms with Gasteiger partial charge >= 0.3 is 0 Å². The highest BCUT2D eigenvalue weighted by atomic mass is 35.5. The van der Waals surface area contributed by atoms with Gasteiger partial charge in [0.05, 0.1) is 12.2 Å². The van der Waals surface area contributed by atoms with Crippen LogP contribution < -0.4 is 0 Å². The second kappa shape index (κ2) is 2.70. The summed E-state index contributed by atoms with van der Waals surface area (Å²) in [6.45, 7) is 2.14. The van der Waals surface area contributed by atoms with E-state index in [1.165, 1.54) is 0 Å². The van der Waals surface area contributed by atoms with E-state index in [1.54, 1.807) is 0 Å². The molecule has 2 atom stereocenters. The molecule has 2 heteroatoms. The second-order valence-electron chi connectivity index (χ2n) is 2.10. The monoisotopic (exact) mass is 134 g/mol. The average molecular weight is 135 g/mol. The molecule has 0 aromatic carbocycles. The van der Waals surface area contributed by atoms with Gasteiger partial charge in [-0.3, -0.25) is 0 Å². The van der Waals surface area contributed by atoms with Crippen LogP contribution in [-0.4, -0.2) is 18.1 Å². The van der Waals surface area contributed by atoms with E-state index in [9.17, 15) is 0 Å². The van der Waals surface area contributed by atoms with Crippen molar-refractivity contribution in [2.24, 2.45) is 0 Å². The van der Waals surface area contributed by atoms with E-state index >= 15 is 0 Å². The van der Waals surface area contributed by atoms with Crippen molar-refractivity contribution < 1.29 is 4.74 Å². The zero-order valence-corrected chi connectivity index (χ0v) is 5.82. The standard InChI is InChI=1S/C6H11ClO/c1-2-5-6(8-5)3-4-7/h5-6H,2-4H2,1H3/t5-,6+/m1/s1. The van der Waals surface area contributed by atoms with Gasteiger partial charge in [0.1, 0.15) is 0 Å². The number of alkyl halides is 1. The quantitative estimate of drug-likeness (QED) is 0.424. The summed E-state index contributed by atoms with van der Waals surface area (Å²) in [5.74, 6) is 0.737. The summed E-state index contributed by atoms with van der Waals surface area (Å²) in [6, 6.07) is 0. The maximum Gasteiger partial charge on any atom is 0.0853 e. The van der Waals surface area contributed by atoms with E-state index < -0.39 is 0 Å². The molecule has 0 amide bonds. The molecule has 0 radical (unpaired) electrons. The average Bonchev–Trinajstić information content (AvgIpc) is 2.48. The van der Waals surface area contributed by atoms with E-state index in [0.717, 1.165) is 18.7 Å². The summed E-state index contributed by atoms with van der Waals surface area (Å²) in [6.07, 6.45) is 3.20. The van der Waals surface area contributed by atoms with Crippen LogP contribution in [0.2, 0.25) is 0 Å². The summed E-state index contributed by atoms with van der Waals surface area (Å²) < 4.78 is 5.22. The Morgan fingerprint density at radius 3 is 2.62 bits per heavy atom. The van der Waals surface area contributed by atoms with Gasteiger partial charge in [-0.25, -0.2) is 0 Å². The molecule has 1 rings (SSSR count). The van der Waals surface area contributed by atoms with Gasteiger partial charge in [0.15, 0.2) is 0 Å². The third-order valence-corrected chi connectivity index (χ3v) is 1.70. The number of epoxide rings is 1. The molecule has 1 saturated heterocycles. The first-order valence-corrected chi connectivity index (χ1v) is 3.63. The molecule has 0 aromatic heterocycles. The molecular formula is C6H11ClO. The van der Waals surface area contributed by atoms with Crippen molar-refractivity contribution in [3.63, 3.8) is 0 Å². The fraction of sp³-hybridized carbons (Fsp3) is 1.00. The van der Waals surface area contributed by atoms with Crippen LogP contribution >= 0.6 is 11.6 Å². The summed E-state index contributed by atoms with van der Waals surface area (Å²) >= 11 is 5.48. The van der Waals surface area contributed by atoms with Crippen molar-refractivity contribution in [1.82, 2.24) is 0 Å². The van der Waals surface area contributed by atoms with Crippen LogP contribution in [-0.2, 0) is 4.74 Å². The van der Waals surface area contributed by atoms with Gasteiger partial charge in [-0.1, -0.05) is 6.92 Å². The maximum absolute atomic E-state index is 5.48. The zero-order chi connectivity index (χ0) is 5.98. The molecule has 1 fully saturated rings. The van der Waals surface area contributed by atoms with Crippen molar-refractivity contribution in [3.8, 4) is 0 Å². The van der Waals surface area contributed by atoms with E-state index in [0.29, 0.717) is 12.2 Å². The second-order valence-corrected chi connectivity index (χ2v) is 2.48. The molecule has 0 saturated carbocycles. The lowest BCUT2D eigenvalue weighted by atomic mass is 10.2. The minimum atomic E-state index is 0.498. The third-order valence-electron chi connectivity index (χ3n) is 1.48.